The molecule has 2 heterocycles. The number of fused-ring (bicyclic) bond motifs is 1. The summed E-state index contributed by atoms with van der Waals surface area (Å²) in [5.41, 5.74) is 2.32. The van der Waals surface area contributed by atoms with Gasteiger partial charge in [0.05, 0.1) is 11.6 Å². The average Bonchev–Trinajstić information content (AvgIpc) is 3.25. The number of aliphatic hydroxyl groups is 1. The Morgan fingerprint density at radius 1 is 1.20 bits per heavy atom. The van der Waals surface area contributed by atoms with Crippen LogP contribution in [0.1, 0.15) is 47.5 Å². The van der Waals surface area contributed by atoms with Crippen molar-refractivity contribution in [3.05, 3.63) is 81.8 Å². The van der Waals surface area contributed by atoms with Crippen LogP contribution in [0.15, 0.2) is 64.3 Å². The molecule has 1 atom stereocenters. The molecule has 0 fully saturated rings. The standard InChI is InChI=1S/C24H22ClNO4/c1-3-4-11-26-21(17-8-6-5-7-14(17)2)20(23(28)24(26)29)22(27)19-13-15-12-16(25)9-10-18(15)30-19/h5-10,12-13,21,28H,3-4,11H2,1-2H3. The number of carbonyl (C=O) groups is 2. The fourth-order valence-electron chi connectivity index (χ4n) is 3.92. The highest BCUT2D eigenvalue weighted by molar-refractivity contribution is 6.31. The summed E-state index contributed by atoms with van der Waals surface area (Å²) in [5, 5.41) is 11.9. The van der Waals surface area contributed by atoms with Crippen molar-refractivity contribution in [1.29, 1.82) is 0 Å². The highest BCUT2D eigenvalue weighted by Gasteiger charge is 2.44. The smallest absolute Gasteiger partial charge is 0.290 e. The van der Waals surface area contributed by atoms with Crippen molar-refractivity contribution in [2.24, 2.45) is 0 Å². The number of unbranched alkanes of at least 4 members (excludes halogenated alkanes) is 1. The molecule has 1 aliphatic rings. The van der Waals surface area contributed by atoms with Crippen molar-refractivity contribution >= 4 is 34.3 Å². The number of hydrogen-bond donors (Lipinski definition) is 1. The molecule has 0 saturated carbocycles. The summed E-state index contributed by atoms with van der Waals surface area (Å²) in [7, 11) is 0. The molecule has 30 heavy (non-hydrogen) atoms. The van der Waals surface area contributed by atoms with Gasteiger partial charge in [0.2, 0.25) is 5.78 Å². The SMILES string of the molecule is CCCCN1C(=O)C(O)=C(C(=O)c2cc3cc(Cl)ccc3o2)C1c1ccccc1C. The molecule has 5 nitrogen and oxygen atoms in total. The number of hydrogen-bond acceptors (Lipinski definition) is 4. The Balaban J connectivity index is 1.82. The predicted molar refractivity (Wildman–Crippen MR) is 116 cm³/mol. The Labute approximate surface area is 179 Å². The fourth-order valence-corrected chi connectivity index (χ4v) is 4.10. The summed E-state index contributed by atoms with van der Waals surface area (Å²) in [6, 6.07) is 13.6. The molecular weight excluding hydrogens is 402 g/mol. The van der Waals surface area contributed by atoms with Gasteiger partial charge in [-0.1, -0.05) is 49.2 Å². The molecule has 4 rings (SSSR count). The molecule has 0 saturated heterocycles. The zero-order valence-electron chi connectivity index (χ0n) is 16.8. The van der Waals surface area contributed by atoms with E-state index in [0.29, 0.717) is 22.5 Å². The number of carbonyl (C=O) groups excluding carboxylic acids is 2. The van der Waals surface area contributed by atoms with E-state index < -0.39 is 23.5 Å². The van der Waals surface area contributed by atoms with E-state index in [-0.39, 0.29) is 11.3 Å². The van der Waals surface area contributed by atoms with Crippen LogP contribution >= 0.6 is 11.6 Å². The lowest BCUT2D eigenvalue weighted by Gasteiger charge is -2.27. The van der Waals surface area contributed by atoms with Gasteiger partial charge in [0.15, 0.2) is 11.5 Å². The number of benzene rings is 2. The zero-order valence-corrected chi connectivity index (χ0v) is 17.6. The maximum Gasteiger partial charge on any atom is 0.290 e. The normalized spacial score (nSPS) is 16.7. The van der Waals surface area contributed by atoms with E-state index in [4.69, 9.17) is 16.0 Å². The first-order chi connectivity index (χ1) is 14.4. The van der Waals surface area contributed by atoms with Gasteiger partial charge in [-0.25, -0.2) is 0 Å². The molecule has 0 radical (unpaired) electrons. The number of ketones is 1. The third-order valence-electron chi connectivity index (χ3n) is 5.49. The maximum absolute atomic E-state index is 13.4. The molecular formula is C24H22ClNO4. The third kappa shape index (κ3) is 3.39. The van der Waals surface area contributed by atoms with Crippen molar-refractivity contribution in [2.75, 3.05) is 6.54 Å². The van der Waals surface area contributed by atoms with Crippen LogP contribution in [0.4, 0.5) is 0 Å². The van der Waals surface area contributed by atoms with Crippen LogP contribution in [0.2, 0.25) is 5.02 Å². The number of amides is 1. The first kappa shape index (κ1) is 20.2. The van der Waals surface area contributed by atoms with Crippen molar-refractivity contribution in [1.82, 2.24) is 4.90 Å². The lowest BCUT2D eigenvalue weighted by molar-refractivity contribution is -0.129. The minimum absolute atomic E-state index is 0.0514. The summed E-state index contributed by atoms with van der Waals surface area (Å²) >= 11 is 6.04. The Morgan fingerprint density at radius 2 is 1.97 bits per heavy atom. The molecule has 0 aliphatic carbocycles. The first-order valence-corrected chi connectivity index (χ1v) is 10.3. The largest absolute Gasteiger partial charge is 0.503 e. The van der Waals surface area contributed by atoms with E-state index in [1.165, 1.54) is 0 Å². The minimum atomic E-state index is -0.658. The molecule has 2 aromatic carbocycles. The van der Waals surface area contributed by atoms with Crippen LogP contribution in [0.5, 0.6) is 0 Å². The molecule has 0 spiro atoms. The van der Waals surface area contributed by atoms with E-state index in [0.717, 1.165) is 24.0 Å². The number of halogens is 1. The Hall–Kier alpha value is -3.05. The van der Waals surface area contributed by atoms with Crippen molar-refractivity contribution in [3.8, 4) is 0 Å². The third-order valence-corrected chi connectivity index (χ3v) is 5.72. The number of Topliss-reactive ketones (excluding diaryl/α,β-unsaturated/α-hetero) is 1. The number of nitrogens with zero attached hydrogens (tertiary/aromatic N) is 1. The van der Waals surface area contributed by atoms with Gasteiger partial charge in [-0.05, 0) is 48.7 Å². The fraction of sp³-hybridized carbons (Fsp3) is 0.250. The Bertz CT molecular complexity index is 1180. The topological polar surface area (TPSA) is 70.8 Å². The average molecular weight is 424 g/mol. The monoisotopic (exact) mass is 423 g/mol. The zero-order chi connectivity index (χ0) is 21.4. The second kappa shape index (κ2) is 8.00. The molecule has 1 unspecified atom stereocenters. The Kier molecular flexibility index (Phi) is 5.39. The van der Waals surface area contributed by atoms with Crippen molar-refractivity contribution < 1.29 is 19.1 Å². The molecule has 1 aliphatic heterocycles. The van der Waals surface area contributed by atoms with Crippen LogP contribution in [-0.2, 0) is 4.79 Å². The molecule has 1 N–H and O–H groups in total. The van der Waals surface area contributed by atoms with E-state index in [9.17, 15) is 14.7 Å². The predicted octanol–water partition coefficient (Wildman–Crippen LogP) is 5.77. The van der Waals surface area contributed by atoms with Crippen LogP contribution in [0.25, 0.3) is 11.0 Å². The van der Waals surface area contributed by atoms with Crippen molar-refractivity contribution in [3.63, 3.8) is 0 Å². The van der Waals surface area contributed by atoms with Gasteiger partial charge in [0.1, 0.15) is 5.58 Å². The molecule has 1 amide bonds. The van der Waals surface area contributed by atoms with Gasteiger partial charge in [-0.3, -0.25) is 9.59 Å². The van der Waals surface area contributed by atoms with Crippen LogP contribution in [0.3, 0.4) is 0 Å². The second-order valence-corrected chi connectivity index (χ2v) is 7.93. The van der Waals surface area contributed by atoms with Gasteiger partial charge < -0.3 is 14.4 Å². The van der Waals surface area contributed by atoms with E-state index in [2.05, 4.69) is 0 Å². The van der Waals surface area contributed by atoms with Crippen LogP contribution in [-0.4, -0.2) is 28.2 Å². The van der Waals surface area contributed by atoms with Gasteiger partial charge in [0.25, 0.3) is 5.91 Å². The number of aryl methyl sites for hydroxylation is 1. The van der Waals surface area contributed by atoms with Crippen LogP contribution < -0.4 is 0 Å². The molecule has 3 aromatic rings. The lowest BCUT2D eigenvalue weighted by atomic mass is 9.92. The number of rotatable bonds is 6. The number of furan rings is 1. The molecule has 1 aromatic heterocycles. The molecule has 0 bridgehead atoms. The molecule has 6 heteroatoms. The van der Waals surface area contributed by atoms with Crippen LogP contribution in [0, 0.1) is 6.92 Å². The summed E-state index contributed by atoms with van der Waals surface area (Å²) < 4.78 is 5.73. The maximum atomic E-state index is 13.4. The Morgan fingerprint density at radius 3 is 2.70 bits per heavy atom. The summed E-state index contributed by atoms with van der Waals surface area (Å²) in [6.07, 6.45) is 1.66. The van der Waals surface area contributed by atoms with Gasteiger partial charge in [-0.15, -0.1) is 0 Å². The summed E-state index contributed by atoms with van der Waals surface area (Å²) in [4.78, 5) is 27.9. The van der Waals surface area contributed by atoms with Gasteiger partial charge in [0, 0.05) is 17.0 Å². The van der Waals surface area contributed by atoms with E-state index >= 15 is 0 Å². The van der Waals surface area contributed by atoms with Crippen molar-refractivity contribution in [2.45, 2.75) is 32.7 Å². The highest BCUT2D eigenvalue weighted by atomic mass is 35.5. The summed E-state index contributed by atoms with van der Waals surface area (Å²) in [5.74, 6) is -1.47. The second-order valence-electron chi connectivity index (χ2n) is 7.50. The van der Waals surface area contributed by atoms with Gasteiger partial charge in [-0.2, -0.15) is 0 Å². The van der Waals surface area contributed by atoms with E-state index in [1.54, 1.807) is 29.2 Å². The van der Waals surface area contributed by atoms with Gasteiger partial charge >= 0.3 is 0 Å². The van der Waals surface area contributed by atoms with E-state index in [1.807, 2.05) is 38.1 Å². The quantitative estimate of drug-likeness (QED) is 0.510. The first-order valence-electron chi connectivity index (χ1n) is 9.95. The summed E-state index contributed by atoms with van der Waals surface area (Å²) in [6.45, 7) is 4.41. The lowest BCUT2D eigenvalue weighted by Crippen LogP contribution is -2.32. The minimum Gasteiger partial charge on any atom is -0.503 e. The number of aliphatic hydroxyl groups excluding tert-OH is 1. The highest BCUT2D eigenvalue weighted by Crippen LogP contribution is 2.40. The molecule has 154 valence electrons.